The monoisotopic (exact) mass is 438 g/mol. The summed E-state index contributed by atoms with van der Waals surface area (Å²) in [6.07, 6.45) is 6.58. The molecule has 1 heterocycles. The average Bonchev–Trinajstić information content (AvgIpc) is 3.22. The molecule has 1 aliphatic carbocycles. The molecule has 1 aromatic rings. The Morgan fingerprint density at radius 2 is 2.18 bits per heavy atom. The summed E-state index contributed by atoms with van der Waals surface area (Å²) in [7, 11) is 1.80. The Hall–Kier alpha value is -0.410. The first-order valence-corrected chi connectivity index (χ1v) is 8.53. The minimum Gasteiger partial charge on any atom is -0.381 e. The molecule has 22 heavy (non-hydrogen) atoms. The first kappa shape index (κ1) is 19.6. The second-order valence-electron chi connectivity index (χ2n) is 5.41. The number of thiazole rings is 1. The molecule has 0 aliphatic heterocycles. The smallest absolute Gasteiger partial charge is 0.190 e. The van der Waals surface area contributed by atoms with Gasteiger partial charge in [-0.25, -0.2) is 4.98 Å². The summed E-state index contributed by atoms with van der Waals surface area (Å²) >= 11 is 1.75. The molecule has 0 atom stereocenters. The van der Waals surface area contributed by atoms with Gasteiger partial charge in [-0.2, -0.15) is 0 Å². The van der Waals surface area contributed by atoms with E-state index in [1.165, 1.54) is 22.7 Å². The zero-order chi connectivity index (χ0) is 14.9. The summed E-state index contributed by atoms with van der Waals surface area (Å²) in [5, 5.41) is 7.79. The van der Waals surface area contributed by atoms with Crippen LogP contribution in [-0.4, -0.2) is 44.3 Å². The van der Waals surface area contributed by atoms with E-state index in [9.17, 15) is 0 Å². The first-order valence-electron chi connectivity index (χ1n) is 7.71. The molecule has 0 aromatic carbocycles. The van der Waals surface area contributed by atoms with Gasteiger partial charge >= 0.3 is 0 Å². The molecule has 1 aromatic heterocycles. The van der Waals surface area contributed by atoms with E-state index in [0.717, 1.165) is 51.0 Å². The molecule has 0 unspecified atom stereocenters. The highest BCUT2D eigenvalue weighted by Gasteiger charge is 2.20. The standard InChI is InChI=1S/C15H26N4OS.HI/c1-12-10-19-14(21-12)6-8-18-15(16-2)17-7-3-9-20-11-13-4-5-13;/h10,13H,3-9,11H2,1-2H3,(H2,16,17,18);1H. The molecule has 0 bridgehead atoms. The van der Waals surface area contributed by atoms with Crippen LogP contribution >= 0.6 is 35.3 Å². The largest absolute Gasteiger partial charge is 0.381 e. The van der Waals surface area contributed by atoms with Crippen molar-refractivity contribution in [3.05, 3.63) is 16.1 Å². The van der Waals surface area contributed by atoms with Crippen LogP contribution in [0.5, 0.6) is 0 Å². The van der Waals surface area contributed by atoms with Crippen molar-refractivity contribution >= 4 is 41.3 Å². The van der Waals surface area contributed by atoms with Gasteiger partial charge in [-0.15, -0.1) is 35.3 Å². The predicted molar refractivity (Wildman–Crippen MR) is 103 cm³/mol. The van der Waals surface area contributed by atoms with E-state index in [2.05, 4.69) is 27.5 Å². The van der Waals surface area contributed by atoms with Crippen LogP contribution in [0.1, 0.15) is 29.1 Å². The highest BCUT2D eigenvalue weighted by molar-refractivity contribution is 14.0. The summed E-state index contributed by atoms with van der Waals surface area (Å²) in [6, 6.07) is 0. The van der Waals surface area contributed by atoms with Gasteiger partial charge in [0.2, 0.25) is 0 Å². The number of aromatic nitrogens is 1. The van der Waals surface area contributed by atoms with E-state index in [1.54, 1.807) is 18.4 Å². The fourth-order valence-electron chi connectivity index (χ4n) is 1.94. The van der Waals surface area contributed by atoms with Crippen LogP contribution in [0.25, 0.3) is 0 Å². The normalized spacial score (nSPS) is 14.5. The number of aliphatic imine (C=N–C) groups is 1. The lowest BCUT2D eigenvalue weighted by Gasteiger charge is -2.11. The minimum absolute atomic E-state index is 0. The molecule has 126 valence electrons. The molecule has 2 rings (SSSR count). The number of hydrogen-bond acceptors (Lipinski definition) is 4. The average molecular weight is 438 g/mol. The summed E-state index contributed by atoms with van der Waals surface area (Å²) in [5.41, 5.74) is 0. The molecule has 0 amide bonds. The SMILES string of the molecule is CN=C(NCCCOCC1CC1)NCCc1ncc(C)s1.I. The number of hydrogen-bond donors (Lipinski definition) is 2. The summed E-state index contributed by atoms with van der Waals surface area (Å²) < 4.78 is 5.61. The Balaban J connectivity index is 0.00000242. The summed E-state index contributed by atoms with van der Waals surface area (Å²) in [4.78, 5) is 9.84. The Labute approximate surface area is 154 Å². The van der Waals surface area contributed by atoms with Crippen LogP contribution < -0.4 is 10.6 Å². The molecule has 7 heteroatoms. The van der Waals surface area contributed by atoms with Crippen molar-refractivity contribution in [3.8, 4) is 0 Å². The Bertz CT molecular complexity index is 449. The third kappa shape index (κ3) is 8.28. The Morgan fingerprint density at radius 1 is 1.41 bits per heavy atom. The van der Waals surface area contributed by atoms with Gasteiger partial charge in [-0.05, 0) is 32.1 Å². The van der Waals surface area contributed by atoms with Gasteiger partial charge in [-0.3, -0.25) is 4.99 Å². The van der Waals surface area contributed by atoms with Crippen LogP contribution in [0, 0.1) is 12.8 Å². The maximum absolute atomic E-state index is 5.61. The number of aryl methyl sites for hydroxylation is 1. The lowest BCUT2D eigenvalue weighted by molar-refractivity contribution is 0.123. The van der Waals surface area contributed by atoms with Crippen molar-refractivity contribution in [2.75, 3.05) is 33.4 Å². The molecule has 0 spiro atoms. The molecule has 0 radical (unpaired) electrons. The Kier molecular flexibility index (Phi) is 9.98. The van der Waals surface area contributed by atoms with E-state index in [-0.39, 0.29) is 24.0 Å². The zero-order valence-corrected chi connectivity index (χ0v) is 16.6. The van der Waals surface area contributed by atoms with Crippen LogP contribution in [0.2, 0.25) is 0 Å². The summed E-state index contributed by atoms with van der Waals surface area (Å²) in [6.45, 7) is 5.60. The summed E-state index contributed by atoms with van der Waals surface area (Å²) in [5.74, 6) is 1.70. The van der Waals surface area contributed by atoms with Crippen LogP contribution in [-0.2, 0) is 11.2 Å². The van der Waals surface area contributed by atoms with Crippen LogP contribution in [0.4, 0.5) is 0 Å². The molecule has 1 aliphatic rings. The van der Waals surface area contributed by atoms with Gasteiger partial charge in [0, 0.05) is 50.8 Å². The lowest BCUT2D eigenvalue weighted by atomic mass is 10.4. The van der Waals surface area contributed by atoms with E-state index < -0.39 is 0 Å². The second kappa shape index (κ2) is 11.2. The number of rotatable bonds is 9. The lowest BCUT2D eigenvalue weighted by Crippen LogP contribution is -2.39. The number of ether oxygens (including phenoxy) is 1. The molecule has 0 saturated heterocycles. The zero-order valence-electron chi connectivity index (χ0n) is 13.4. The highest BCUT2D eigenvalue weighted by atomic mass is 127. The van der Waals surface area contributed by atoms with Gasteiger partial charge in [0.05, 0.1) is 5.01 Å². The van der Waals surface area contributed by atoms with Crippen LogP contribution in [0.3, 0.4) is 0 Å². The van der Waals surface area contributed by atoms with Gasteiger partial charge in [-0.1, -0.05) is 0 Å². The number of guanidine groups is 1. The highest BCUT2D eigenvalue weighted by Crippen LogP contribution is 2.28. The van der Waals surface area contributed by atoms with E-state index >= 15 is 0 Å². The van der Waals surface area contributed by atoms with Crippen molar-refractivity contribution < 1.29 is 4.74 Å². The predicted octanol–water partition coefficient (Wildman–Crippen LogP) is 2.59. The van der Waals surface area contributed by atoms with Crippen LogP contribution in [0.15, 0.2) is 11.2 Å². The van der Waals surface area contributed by atoms with E-state index in [0.29, 0.717) is 0 Å². The van der Waals surface area contributed by atoms with Crippen molar-refractivity contribution in [2.45, 2.75) is 32.6 Å². The third-order valence-corrected chi connectivity index (χ3v) is 4.30. The maximum atomic E-state index is 5.61. The number of nitrogens with zero attached hydrogens (tertiary/aromatic N) is 2. The molecule has 1 fully saturated rings. The van der Waals surface area contributed by atoms with Gasteiger partial charge < -0.3 is 15.4 Å². The minimum atomic E-state index is 0. The molecular weight excluding hydrogens is 411 g/mol. The number of halogens is 1. The van der Waals surface area contributed by atoms with Gasteiger partial charge in [0.15, 0.2) is 5.96 Å². The fraction of sp³-hybridized carbons (Fsp3) is 0.733. The third-order valence-electron chi connectivity index (χ3n) is 3.33. The Morgan fingerprint density at radius 3 is 2.82 bits per heavy atom. The van der Waals surface area contributed by atoms with E-state index in [4.69, 9.17) is 4.74 Å². The molecular formula is C15H27IN4OS. The fourth-order valence-corrected chi connectivity index (χ4v) is 2.73. The van der Waals surface area contributed by atoms with E-state index in [1.807, 2.05) is 6.20 Å². The number of nitrogens with one attached hydrogen (secondary N) is 2. The topological polar surface area (TPSA) is 58.5 Å². The molecule has 5 nitrogen and oxygen atoms in total. The molecule has 2 N–H and O–H groups in total. The van der Waals surface area contributed by atoms with Crippen molar-refractivity contribution in [2.24, 2.45) is 10.9 Å². The van der Waals surface area contributed by atoms with Crippen molar-refractivity contribution in [1.82, 2.24) is 15.6 Å². The van der Waals surface area contributed by atoms with Crippen molar-refractivity contribution in [1.29, 1.82) is 0 Å². The van der Waals surface area contributed by atoms with Gasteiger partial charge in [0.1, 0.15) is 0 Å². The quantitative estimate of drug-likeness (QED) is 0.269. The van der Waals surface area contributed by atoms with Gasteiger partial charge in [0.25, 0.3) is 0 Å². The second-order valence-corrected chi connectivity index (χ2v) is 6.73. The first-order chi connectivity index (χ1) is 10.3. The molecule has 1 saturated carbocycles. The maximum Gasteiger partial charge on any atom is 0.190 e. The van der Waals surface area contributed by atoms with Crippen molar-refractivity contribution in [3.63, 3.8) is 0 Å².